The lowest BCUT2D eigenvalue weighted by atomic mass is 9.91. The third-order valence-electron chi connectivity index (χ3n) is 14.4. The first kappa shape index (κ1) is 56.0. The molecule has 3 atom stereocenters. The molecular formula is C53H82N6O11S. The van der Waals surface area contributed by atoms with Gasteiger partial charge in [0.05, 0.1) is 39.0 Å². The summed E-state index contributed by atoms with van der Waals surface area (Å²) in [6, 6.07) is 20.7. The molecule has 5 saturated heterocycles. The molecule has 2 aromatic rings. The molecule has 5 aliphatic heterocycles. The Hall–Kier alpha value is -4.33. The normalized spacial score (nSPS) is 21.6. The predicted molar refractivity (Wildman–Crippen MR) is 271 cm³/mol. The summed E-state index contributed by atoms with van der Waals surface area (Å²) in [5.74, 6) is 0.784. The average Bonchev–Trinajstić information content (AvgIpc) is 3.91. The van der Waals surface area contributed by atoms with Crippen LogP contribution in [0.3, 0.4) is 0 Å². The van der Waals surface area contributed by atoms with Crippen LogP contribution in [0.15, 0.2) is 60.7 Å². The maximum atomic E-state index is 12.5. The van der Waals surface area contributed by atoms with E-state index < -0.39 is 22.3 Å². The number of amides is 2. The van der Waals surface area contributed by atoms with Crippen molar-refractivity contribution < 1.29 is 50.7 Å². The van der Waals surface area contributed by atoms with Crippen LogP contribution in [0, 0.1) is 11.8 Å². The van der Waals surface area contributed by atoms with Gasteiger partial charge in [-0.15, -0.1) is 0 Å². The molecule has 5 fully saturated rings. The molecule has 18 heteroatoms. The highest BCUT2D eigenvalue weighted by atomic mass is 32.2. The number of unbranched alkanes of at least 4 members (excludes halogenated alkanes) is 2. The topological polar surface area (TPSA) is 168 Å². The molecule has 71 heavy (non-hydrogen) atoms. The maximum absolute atomic E-state index is 12.5. The van der Waals surface area contributed by atoms with Crippen LogP contribution in [-0.2, 0) is 55.9 Å². The van der Waals surface area contributed by atoms with Crippen molar-refractivity contribution in [2.75, 3.05) is 111 Å². The monoisotopic (exact) mass is 1010 g/mol. The zero-order valence-electron chi connectivity index (χ0n) is 42.7. The zero-order valence-corrected chi connectivity index (χ0v) is 43.6. The molecule has 17 nitrogen and oxygen atoms in total. The predicted octanol–water partition coefficient (Wildman–Crippen LogP) is 6.26. The summed E-state index contributed by atoms with van der Waals surface area (Å²) in [7, 11) is -3.52. The molecule has 0 bridgehead atoms. The van der Waals surface area contributed by atoms with Crippen LogP contribution < -0.4 is 0 Å². The SMILES string of the molecule is CCOC(=O)CC(C(=O)OCC)N1CCN(CC2CN(CCCCC3CCN(Cc4ccccc4)CC3)C(=O)O2)CC1.CS(=O)(=O)OCC1CN(CCCCC2CCN(Cc3ccccc3)CC2)C(=O)O1. The lowest BCUT2D eigenvalue weighted by molar-refractivity contribution is -0.157. The minimum Gasteiger partial charge on any atom is -0.466 e. The van der Waals surface area contributed by atoms with Gasteiger partial charge in [0.25, 0.3) is 10.1 Å². The van der Waals surface area contributed by atoms with Crippen LogP contribution in [0.25, 0.3) is 0 Å². The van der Waals surface area contributed by atoms with Crippen LogP contribution >= 0.6 is 0 Å². The Bertz CT molecular complexity index is 2010. The molecule has 0 radical (unpaired) electrons. The molecule has 396 valence electrons. The second-order valence-corrected chi connectivity index (χ2v) is 21.6. The lowest BCUT2D eigenvalue weighted by Crippen LogP contribution is -2.54. The Balaban J connectivity index is 0.000000249. The van der Waals surface area contributed by atoms with Gasteiger partial charge in [-0.25, -0.2) is 9.59 Å². The molecule has 7 rings (SSSR count). The summed E-state index contributed by atoms with van der Waals surface area (Å²) >= 11 is 0. The van der Waals surface area contributed by atoms with E-state index in [9.17, 15) is 27.6 Å². The Morgan fingerprint density at radius 2 is 1.11 bits per heavy atom. The molecule has 5 heterocycles. The van der Waals surface area contributed by atoms with E-state index >= 15 is 0 Å². The van der Waals surface area contributed by atoms with Crippen molar-refractivity contribution in [2.24, 2.45) is 11.8 Å². The molecule has 0 aromatic heterocycles. The van der Waals surface area contributed by atoms with Crippen molar-refractivity contribution in [3.63, 3.8) is 0 Å². The summed E-state index contributed by atoms with van der Waals surface area (Å²) in [6.07, 6.45) is 11.4. The molecule has 0 N–H and O–H groups in total. The summed E-state index contributed by atoms with van der Waals surface area (Å²) in [4.78, 5) is 61.9. The summed E-state index contributed by atoms with van der Waals surface area (Å²) in [6.45, 7) is 16.6. The van der Waals surface area contributed by atoms with E-state index in [2.05, 4.69) is 75.4 Å². The second-order valence-electron chi connectivity index (χ2n) is 19.9. The summed E-state index contributed by atoms with van der Waals surface area (Å²) in [5, 5.41) is 0. The van der Waals surface area contributed by atoms with Crippen molar-refractivity contribution in [3.05, 3.63) is 71.8 Å². The Morgan fingerprint density at radius 1 is 0.634 bits per heavy atom. The highest BCUT2D eigenvalue weighted by Crippen LogP contribution is 2.26. The molecule has 3 unspecified atom stereocenters. The molecule has 5 aliphatic rings. The van der Waals surface area contributed by atoms with Crippen molar-refractivity contribution >= 4 is 34.2 Å². The number of benzene rings is 2. The first-order valence-corrected chi connectivity index (χ1v) is 28.2. The molecule has 2 amide bonds. The van der Waals surface area contributed by atoms with Gasteiger partial charge in [-0.05, 0) is 102 Å². The highest BCUT2D eigenvalue weighted by Gasteiger charge is 2.36. The van der Waals surface area contributed by atoms with E-state index in [1.807, 2.05) is 9.80 Å². The van der Waals surface area contributed by atoms with Gasteiger partial charge >= 0.3 is 24.1 Å². The number of ether oxygens (including phenoxy) is 4. The zero-order chi connectivity index (χ0) is 50.4. The number of carbonyl (C=O) groups is 4. The molecule has 0 spiro atoms. The van der Waals surface area contributed by atoms with Crippen molar-refractivity contribution in [1.29, 1.82) is 0 Å². The third kappa shape index (κ3) is 19.9. The number of piperazine rings is 1. The van der Waals surface area contributed by atoms with E-state index in [1.165, 1.54) is 62.7 Å². The number of hydrogen-bond donors (Lipinski definition) is 0. The Kier molecular flexibility index (Phi) is 23.2. The Labute approximate surface area is 423 Å². The molecule has 0 aliphatic carbocycles. The van der Waals surface area contributed by atoms with E-state index in [-0.39, 0.29) is 56.5 Å². The van der Waals surface area contributed by atoms with Crippen LogP contribution in [0.4, 0.5) is 9.59 Å². The maximum Gasteiger partial charge on any atom is 0.410 e. The van der Waals surface area contributed by atoms with Gasteiger partial charge < -0.3 is 28.7 Å². The molecule has 0 saturated carbocycles. The van der Waals surface area contributed by atoms with Crippen LogP contribution in [0.1, 0.15) is 95.6 Å². The van der Waals surface area contributed by atoms with E-state index in [0.29, 0.717) is 39.3 Å². The highest BCUT2D eigenvalue weighted by molar-refractivity contribution is 7.85. The lowest BCUT2D eigenvalue weighted by Gasteiger charge is -2.38. The second kappa shape index (κ2) is 29.4. The number of esters is 2. The van der Waals surface area contributed by atoms with Gasteiger partial charge in [0.2, 0.25) is 0 Å². The number of cyclic esters (lactones) is 2. The average molecular weight is 1010 g/mol. The van der Waals surface area contributed by atoms with Gasteiger partial charge in [-0.2, -0.15) is 8.42 Å². The fourth-order valence-electron chi connectivity index (χ4n) is 10.4. The van der Waals surface area contributed by atoms with E-state index in [4.69, 9.17) is 23.1 Å². The number of rotatable bonds is 25. The van der Waals surface area contributed by atoms with Gasteiger partial charge in [0.15, 0.2) is 0 Å². The quantitative estimate of drug-likeness (QED) is 0.0473. The fourth-order valence-corrected chi connectivity index (χ4v) is 10.8. The third-order valence-corrected chi connectivity index (χ3v) is 15.0. The summed E-state index contributed by atoms with van der Waals surface area (Å²) in [5.41, 5.74) is 2.77. The first-order chi connectivity index (χ1) is 34.3. The van der Waals surface area contributed by atoms with Gasteiger partial charge in [-0.3, -0.25) is 33.4 Å². The van der Waals surface area contributed by atoms with Gasteiger partial charge in [0.1, 0.15) is 24.9 Å². The minimum atomic E-state index is -3.52. The molecular weight excluding hydrogens is 929 g/mol. The largest absolute Gasteiger partial charge is 0.466 e. The number of hydrogen-bond acceptors (Lipinski definition) is 15. The summed E-state index contributed by atoms with van der Waals surface area (Å²) < 4.78 is 48.0. The Morgan fingerprint density at radius 3 is 1.59 bits per heavy atom. The van der Waals surface area contributed by atoms with Crippen LogP contribution in [-0.4, -0.2) is 191 Å². The van der Waals surface area contributed by atoms with Crippen LogP contribution in [0.5, 0.6) is 0 Å². The fraction of sp³-hybridized carbons (Fsp3) is 0.698. The first-order valence-electron chi connectivity index (χ1n) is 26.4. The number of piperidine rings is 2. The van der Waals surface area contributed by atoms with E-state index in [0.717, 1.165) is 89.6 Å². The van der Waals surface area contributed by atoms with Gasteiger partial charge in [-0.1, -0.05) is 86.3 Å². The number of nitrogens with zero attached hydrogens (tertiary/aromatic N) is 6. The van der Waals surface area contributed by atoms with Crippen molar-refractivity contribution in [1.82, 2.24) is 29.4 Å². The van der Waals surface area contributed by atoms with Gasteiger partial charge in [0, 0.05) is 58.9 Å². The minimum absolute atomic E-state index is 0.00464. The standard InChI is InChI=1S/C32H50N4O6.C21H32N2O5S/c1-3-40-30(37)22-29(31(38)41-4-2)35-20-18-34(19-21-35)24-28-25-36(32(39)42-28)15-9-8-10-26-13-16-33(17-14-26)23-27-11-6-5-7-12-27;1-29(25,26)27-17-20-16-23(21(24)28-20)12-6-5-7-18-10-13-22(14-11-18)15-19-8-3-2-4-9-19/h5-7,11-12,26,28-29H,3-4,8-10,13-25H2,1-2H3;2-4,8-9,18,20H,5-7,10-17H2,1H3. The van der Waals surface area contributed by atoms with E-state index in [1.54, 1.807) is 18.7 Å². The molecule has 2 aromatic carbocycles. The number of likely N-dealkylation sites (tertiary alicyclic amines) is 2. The van der Waals surface area contributed by atoms with Crippen molar-refractivity contribution in [3.8, 4) is 0 Å². The van der Waals surface area contributed by atoms with Crippen molar-refractivity contribution in [2.45, 2.75) is 116 Å². The number of carbonyl (C=O) groups excluding carboxylic acids is 4. The smallest absolute Gasteiger partial charge is 0.410 e. The van der Waals surface area contributed by atoms with Crippen LogP contribution in [0.2, 0.25) is 0 Å².